The fourth-order valence-electron chi connectivity index (χ4n) is 3.68. The predicted octanol–water partition coefficient (Wildman–Crippen LogP) is 2.63. The third kappa shape index (κ3) is 2.78. The van der Waals surface area contributed by atoms with Crippen LogP contribution in [0.25, 0.3) is 0 Å². The molecule has 100 valence electrons. The molecule has 0 radical (unpaired) electrons. The molecule has 2 atom stereocenters. The first-order chi connectivity index (χ1) is 8.93. The van der Waals surface area contributed by atoms with Gasteiger partial charge in [-0.3, -0.25) is 4.90 Å². The number of rotatable bonds is 5. The van der Waals surface area contributed by atoms with E-state index >= 15 is 0 Å². The molecule has 1 aliphatic heterocycles. The molecule has 2 fully saturated rings. The van der Waals surface area contributed by atoms with Gasteiger partial charge in [0.25, 0.3) is 0 Å². The largest absolute Gasteiger partial charge is 0.472 e. The van der Waals surface area contributed by atoms with Crippen molar-refractivity contribution in [3.8, 4) is 0 Å². The number of nitrogens with one attached hydrogen (secondary N) is 1. The van der Waals surface area contributed by atoms with Gasteiger partial charge in [0.2, 0.25) is 0 Å². The Balaban J connectivity index is 1.39. The Morgan fingerprint density at radius 2 is 2.22 bits per heavy atom. The van der Waals surface area contributed by atoms with Gasteiger partial charge in [-0.15, -0.1) is 0 Å². The van der Waals surface area contributed by atoms with Crippen molar-refractivity contribution < 1.29 is 4.42 Å². The Labute approximate surface area is 110 Å². The third-order valence-corrected chi connectivity index (χ3v) is 4.59. The second-order valence-corrected chi connectivity index (χ2v) is 5.74. The highest BCUT2D eigenvalue weighted by atomic mass is 16.3. The molecule has 1 aromatic rings. The summed E-state index contributed by atoms with van der Waals surface area (Å²) in [5.74, 6) is 1.01. The molecule has 1 saturated heterocycles. The number of piperidine rings is 1. The van der Waals surface area contributed by atoms with E-state index in [2.05, 4.69) is 10.2 Å². The van der Waals surface area contributed by atoms with Gasteiger partial charge < -0.3 is 9.73 Å². The van der Waals surface area contributed by atoms with Crippen LogP contribution in [0.2, 0.25) is 0 Å². The zero-order valence-electron chi connectivity index (χ0n) is 11.1. The van der Waals surface area contributed by atoms with Crippen molar-refractivity contribution in [2.75, 3.05) is 19.6 Å². The average molecular weight is 248 g/mol. The van der Waals surface area contributed by atoms with Crippen LogP contribution < -0.4 is 5.32 Å². The molecule has 3 nitrogen and oxygen atoms in total. The van der Waals surface area contributed by atoms with Crippen LogP contribution in [0.15, 0.2) is 23.0 Å². The Kier molecular flexibility index (Phi) is 4.01. The standard InChI is InChI=1S/C15H24N2O/c1-3-14-4-2-8-17(15(14)5-1)9-7-16-11-13-6-10-18-12-13/h6,10,12,14-16H,1-5,7-9,11H2. The van der Waals surface area contributed by atoms with E-state index in [1.54, 1.807) is 6.26 Å². The maximum Gasteiger partial charge on any atom is 0.0947 e. The number of furan rings is 1. The lowest BCUT2D eigenvalue weighted by molar-refractivity contribution is 0.114. The van der Waals surface area contributed by atoms with E-state index in [1.165, 1.54) is 50.8 Å². The van der Waals surface area contributed by atoms with Gasteiger partial charge in [0.05, 0.1) is 12.5 Å². The minimum absolute atomic E-state index is 0.898. The van der Waals surface area contributed by atoms with Crippen LogP contribution in [0, 0.1) is 5.92 Å². The zero-order valence-corrected chi connectivity index (χ0v) is 11.1. The van der Waals surface area contributed by atoms with Gasteiger partial charge in [0.1, 0.15) is 0 Å². The summed E-state index contributed by atoms with van der Waals surface area (Å²) in [7, 11) is 0. The first-order valence-electron chi connectivity index (χ1n) is 7.39. The molecule has 1 aliphatic carbocycles. The van der Waals surface area contributed by atoms with E-state index in [9.17, 15) is 0 Å². The lowest BCUT2D eigenvalue weighted by Crippen LogP contribution is -2.45. The van der Waals surface area contributed by atoms with Crippen molar-refractivity contribution in [2.24, 2.45) is 5.92 Å². The maximum atomic E-state index is 5.07. The van der Waals surface area contributed by atoms with E-state index in [1.807, 2.05) is 12.3 Å². The molecule has 1 N–H and O–H groups in total. The van der Waals surface area contributed by atoms with Gasteiger partial charge in [-0.05, 0) is 44.2 Å². The van der Waals surface area contributed by atoms with Crippen LogP contribution >= 0.6 is 0 Å². The van der Waals surface area contributed by atoms with Gasteiger partial charge in [0.15, 0.2) is 0 Å². The van der Waals surface area contributed by atoms with Crippen molar-refractivity contribution in [1.82, 2.24) is 10.2 Å². The molecular weight excluding hydrogens is 224 g/mol. The molecule has 2 aliphatic rings. The normalized spacial score (nSPS) is 28.4. The first-order valence-corrected chi connectivity index (χ1v) is 7.39. The Bertz CT molecular complexity index is 349. The molecule has 0 spiro atoms. The molecule has 0 aromatic carbocycles. The zero-order chi connectivity index (χ0) is 12.2. The second kappa shape index (κ2) is 5.89. The summed E-state index contributed by atoms with van der Waals surface area (Å²) < 4.78 is 5.07. The topological polar surface area (TPSA) is 28.4 Å². The average Bonchev–Trinajstić information content (AvgIpc) is 3.05. The number of hydrogen-bond acceptors (Lipinski definition) is 3. The smallest absolute Gasteiger partial charge is 0.0947 e. The highest BCUT2D eigenvalue weighted by Crippen LogP contribution is 2.36. The molecular formula is C15H24N2O. The lowest BCUT2D eigenvalue weighted by atomic mass is 9.92. The minimum Gasteiger partial charge on any atom is -0.472 e. The summed E-state index contributed by atoms with van der Waals surface area (Å²) in [6, 6.07) is 2.93. The van der Waals surface area contributed by atoms with Crippen molar-refractivity contribution in [3.05, 3.63) is 24.2 Å². The molecule has 3 rings (SSSR count). The lowest BCUT2D eigenvalue weighted by Gasteiger charge is -2.37. The molecule has 1 aromatic heterocycles. The number of nitrogens with zero attached hydrogens (tertiary/aromatic N) is 1. The van der Waals surface area contributed by atoms with Crippen molar-refractivity contribution in [1.29, 1.82) is 0 Å². The Morgan fingerprint density at radius 3 is 3.11 bits per heavy atom. The van der Waals surface area contributed by atoms with Gasteiger partial charge in [-0.2, -0.15) is 0 Å². The SMILES string of the molecule is c1cc(CNCCN2CCCC3CCCC32)co1. The van der Waals surface area contributed by atoms with Crippen LogP contribution in [0.3, 0.4) is 0 Å². The molecule has 0 bridgehead atoms. The first kappa shape index (κ1) is 12.2. The van der Waals surface area contributed by atoms with Crippen LogP contribution in [0.1, 0.15) is 37.7 Å². The summed E-state index contributed by atoms with van der Waals surface area (Å²) in [4.78, 5) is 2.73. The van der Waals surface area contributed by atoms with E-state index in [4.69, 9.17) is 4.42 Å². The fourth-order valence-corrected chi connectivity index (χ4v) is 3.68. The second-order valence-electron chi connectivity index (χ2n) is 5.74. The van der Waals surface area contributed by atoms with Gasteiger partial charge in [0, 0.05) is 31.2 Å². The molecule has 18 heavy (non-hydrogen) atoms. The number of fused-ring (bicyclic) bond motifs is 1. The number of likely N-dealkylation sites (tertiary alicyclic amines) is 1. The van der Waals surface area contributed by atoms with E-state index in [0.29, 0.717) is 0 Å². The van der Waals surface area contributed by atoms with Crippen molar-refractivity contribution in [3.63, 3.8) is 0 Å². The van der Waals surface area contributed by atoms with Crippen molar-refractivity contribution in [2.45, 2.75) is 44.7 Å². The van der Waals surface area contributed by atoms with Crippen molar-refractivity contribution >= 4 is 0 Å². The molecule has 2 heterocycles. The Hall–Kier alpha value is -0.800. The fraction of sp³-hybridized carbons (Fsp3) is 0.733. The summed E-state index contributed by atoms with van der Waals surface area (Å²) in [6.45, 7) is 4.54. The van der Waals surface area contributed by atoms with Crippen LogP contribution in [-0.4, -0.2) is 30.6 Å². The highest BCUT2D eigenvalue weighted by molar-refractivity contribution is 5.04. The van der Waals surface area contributed by atoms with E-state index in [0.717, 1.165) is 25.0 Å². The van der Waals surface area contributed by atoms with Crippen LogP contribution in [-0.2, 0) is 6.54 Å². The molecule has 3 heteroatoms. The monoisotopic (exact) mass is 248 g/mol. The molecule has 1 saturated carbocycles. The molecule has 0 amide bonds. The number of hydrogen-bond donors (Lipinski definition) is 1. The summed E-state index contributed by atoms with van der Waals surface area (Å²) in [6.07, 6.45) is 10.8. The predicted molar refractivity (Wildman–Crippen MR) is 72.4 cm³/mol. The van der Waals surface area contributed by atoms with Gasteiger partial charge >= 0.3 is 0 Å². The molecule has 2 unspecified atom stereocenters. The highest BCUT2D eigenvalue weighted by Gasteiger charge is 2.34. The minimum atomic E-state index is 0.898. The Morgan fingerprint density at radius 1 is 1.28 bits per heavy atom. The summed E-state index contributed by atoms with van der Waals surface area (Å²) in [5.41, 5.74) is 1.24. The summed E-state index contributed by atoms with van der Waals surface area (Å²) >= 11 is 0. The van der Waals surface area contributed by atoms with Gasteiger partial charge in [-0.1, -0.05) is 6.42 Å². The maximum absolute atomic E-state index is 5.07. The third-order valence-electron chi connectivity index (χ3n) is 4.59. The van der Waals surface area contributed by atoms with E-state index in [-0.39, 0.29) is 0 Å². The van der Waals surface area contributed by atoms with Gasteiger partial charge in [-0.25, -0.2) is 0 Å². The van der Waals surface area contributed by atoms with E-state index < -0.39 is 0 Å². The van der Waals surface area contributed by atoms with Crippen LogP contribution in [0.5, 0.6) is 0 Å². The quantitative estimate of drug-likeness (QED) is 0.812. The van der Waals surface area contributed by atoms with Crippen LogP contribution in [0.4, 0.5) is 0 Å². The summed E-state index contributed by atoms with van der Waals surface area (Å²) in [5, 5.41) is 3.51.